The zero-order valence-corrected chi connectivity index (χ0v) is 10.6. The minimum Gasteiger partial charge on any atom is -0.381 e. The second-order valence-corrected chi connectivity index (χ2v) is 4.45. The topological polar surface area (TPSA) is 56.5 Å². The van der Waals surface area contributed by atoms with Crippen LogP contribution in [-0.4, -0.2) is 32.0 Å². The molecule has 0 radical (unpaired) electrons. The van der Waals surface area contributed by atoms with E-state index in [1.165, 1.54) is 6.42 Å². The van der Waals surface area contributed by atoms with Crippen molar-refractivity contribution in [3.05, 3.63) is 0 Å². The normalized spacial score (nSPS) is 25.3. The van der Waals surface area contributed by atoms with Crippen LogP contribution in [0.5, 0.6) is 0 Å². The van der Waals surface area contributed by atoms with Gasteiger partial charge in [0.05, 0.1) is 18.8 Å². The fourth-order valence-corrected chi connectivity index (χ4v) is 2.46. The van der Waals surface area contributed by atoms with Gasteiger partial charge >= 0.3 is 0 Å². The molecule has 0 bridgehead atoms. The fourth-order valence-electron chi connectivity index (χ4n) is 2.46. The van der Waals surface area contributed by atoms with Crippen molar-refractivity contribution in [1.29, 1.82) is 0 Å². The summed E-state index contributed by atoms with van der Waals surface area (Å²) in [7, 11) is 0. The zero-order chi connectivity index (χ0) is 11.8. The predicted molar refractivity (Wildman–Crippen MR) is 65.0 cm³/mol. The lowest BCUT2D eigenvalue weighted by Gasteiger charge is -2.35. The molecule has 3 unspecified atom stereocenters. The molecule has 0 aromatic carbocycles. The number of hydrogen-bond acceptors (Lipinski definition) is 4. The summed E-state index contributed by atoms with van der Waals surface area (Å²) in [5, 5.41) is 0. The number of nitrogens with two attached hydrogens (primary N) is 1. The molecule has 0 aliphatic carbocycles. The average molecular weight is 230 g/mol. The predicted octanol–water partition coefficient (Wildman–Crippen LogP) is 1.45. The third-order valence-electron chi connectivity index (χ3n) is 3.25. The highest BCUT2D eigenvalue weighted by Crippen LogP contribution is 2.22. The zero-order valence-electron chi connectivity index (χ0n) is 10.6. The van der Waals surface area contributed by atoms with E-state index in [-0.39, 0.29) is 12.1 Å². The molecule has 1 heterocycles. The van der Waals surface area contributed by atoms with E-state index >= 15 is 0 Å². The molecule has 3 atom stereocenters. The Morgan fingerprint density at radius 1 is 1.50 bits per heavy atom. The minimum absolute atomic E-state index is 0.215. The molecule has 0 aromatic heterocycles. The van der Waals surface area contributed by atoms with E-state index in [9.17, 15) is 0 Å². The van der Waals surface area contributed by atoms with E-state index in [2.05, 4.69) is 12.3 Å². The molecule has 1 fully saturated rings. The molecule has 3 N–H and O–H groups in total. The number of nitrogens with one attached hydrogen (secondary N) is 1. The molecule has 1 rings (SSSR count). The minimum atomic E-state index is 0.215. The van der Waals surface area contributed by atoms with Gasteiger partial charge in [0.25, 0.3) is 0 Å². The summed E-state index contributed by atoms with van der Waals surface area (Å²) in [5.41, 5.74) is 2.94. The first kappa shape index (κ1) is 13.9. The highest BCUT2D eigenvalue weighted by atomic mass is 16.5. The van der Waals surface area contributed by atoms with Crippen LogP contribution in [-0.2, 0) is 9.47 Å². The van der Waals surface area contributed by atoms with Crippen molar-refractivity contribution >= 4 is 0 Å². The van der Waals surface area contributed by atoms with E-state index in [1.807, 2.05) is 6.92 Å². The van der Waals surface area contributed by atoms with Crippen LogP contribution in [0.2, 0.25) is 0 Å². The lowest BCUT2D eigenvalue weighted by molar-refractivity contribution is -0.0263. The van der Waals surface area contributed by atoms with Crippen LogP contribution >= 0.6 is 0 Å². The SMILES string of the molecule is CCCC(OCC)C(NN)C1CCCOC1. The van der Waals surface area contributed by atoms with Crippen molar-refractivity contribution in [3.63, 3.8) is 0 Å². The lowest BCUT2D eigenvalue weighted by atomic mass is 9.89. The van der Waals surface area contributed by atoms with E-state index < -0.39 is 0 Å². The van der Waals surface area contributed by atoms with Gasteiger partial charge in [0.1, 0.15) is 0 Å². The molecule has 96 valence electrons. The quantitative estimate of drug-likeness (QED) is 0.513. The standard InChI is InChI=1S/C12H26N2O2/c1-3-6-11(16-4-2)12(14-13)10-7-5-8-15-9-10/h10-12,14H,3-9,13H2,1-2H3. The molecule has 0 amide bonds. The van der Waals surface area contributed by atoms with Crippen molar-refractivity contribution < 1.29 is 9.47 Å². The van der Waals surface area contributed by atoms with Gasteiger partial charge in [0.15, 0.2) is 0 Å². The summed E-state index contributed by atoms with van der Waals surface area (Å²) < 4.78 is 11.3. The van der Waals surface area contributed by atoms with Crippen LogP contribution in [0.4, 0.5) is 0 Å². The Morgan fingerprint density at radius 2 is 2.31 bits per heavy atom. The Kier molecular flexibility index (Phi) is 6.96. The Bertz CT molecular complexity index is 166. The largest absolute Gasteiger partial charge is 0.381 e. The van der Waals surface area contributed by atoms with Gasteiger partial charge in [0, 0.05) is 19.1 Å². The average Bonchev–Trinajstić information content (AvgIpc) is 2.32. The van der Waals surface area contributed by atoms with E-state index in [0.29, 0.717) is 5.92 Å². The molecule has 4 nitrogen and oxygen atoms in total. The molecule has 4 heteroatoms. The van der Waals surface area contributed by atoms with E-state index in [4.69, 9.17) is 15.3 Å². The van der Waals surface area contributed by atoms with E-state index in [1.54, 1.807) is 0 Å². The van der Waals surface area contributed by atoms with Crippen LogP contribution in [0.1, 0.15) is 39.5 Å². The molecular formula is C12H26N2O2. The third kappa shape index (κ3) is 4.01. The first-order chi connectivity index (χ1) is 7.83. The van der Waals surface area contributed by atoms with Gasteiger partial charge in [-0.15, -0.1) is 0 Å². The monoisotopic (exact) mass is 230 g/mol. The highest BCUT2D eigenvalue weighted by molar-refractivity contribution is 4.83. The maximum atomic E-state index is 5.79. The summed E-state index contributed by atoms with van der Waals surface area (Å²) in [6, 6.07) is 0.222. The Hall–Kier alpha value is -0.160. The molecule has 0 saturated carbocycles. The molecule has 1 saturated heterocycles. The number of ether oxygens (including phenoxy) is 2. The van der Waals surface area contributed by atoms with Gasteiger partial charge in [-0.25, -0.2) is 0 Å². The number of hydrazine groups is 1. The van der Waals surface area contributed by atoms with Gasteiger partial charge in [-0.3, -0.25) is 11.3 Å². The molecular weight excluding hydrogens is 204 g/mol. The van der Waals surface area contributed by atoms with Crippen molar-refractivity contribution in [2.75, 3.05) is 19.8 Å². The molecule has 1 aliphatic heterocycles. The Morgan fingerprint density at radius 3 is 2.81 bits per heavy atom. The third-order valence-corrected chi connectivity index (χ3v) is 3.25. The van der Waals surface area contributed by atoms with Gasteiger partial charge in [-0.05, 0) is 26.2 Å². The maximum Gasteiger partial charge on any atom is 0.0744 e. The second-order valence-electron chi connectivity index (χ2n) is 4.45. The first-order valence-electron chi connectivity index (χ1n) is 6.48. The lowest BCUT2D eigenvalue weighted by Crippen LogP contribution is -2.52. The van der Waals surface area contributed by atoms with Crippen LogP contribution in [0.3, 0.4) is 0 Å². The highest BCUT2D eigenvalue weighted by Gasteiger charge is 2.30. The van der Waals surface area contributed by atoms with E-state index in [0.717, 1.165) is 39.1 Å². The first-order valence-corrected chi connectivity index (χ1v) is 6.48. The molecule has 16 heavy (non-hydrogen) atoms. The van der Waals surface area contributed by atoms with Crippen LogP contribution in [0.15, 0.2) is 0 Å². The summed E-state index contributed by atoms with van der Waals surface area (Å²) in [5.74, 6) is 6.17. The van der Waals surface area contributed by atoms with Crippen LogP contribution in [0, 0.1) is 5.92 Å². The van der Waals surface area contributed by atoms with Gasteiger partial charge in [-0.2, -0.15) is 0 Å². The summed E-state index contributed by atoms with van der Waals surface area (Å²) in [4.78, 5) is 0. The van der Waals surface area contributed by atoms with Crippen LogP contribution in [0.25, 0.3) is 0 Å². The molecule has 0 spiro atoms. The van der Waals surface area contributed by atoms with Crippen LogP contribution < -0.4 is 11.3 Å². The fraction of sp³-hybridized carbons (Fsp3) is 1.00. The molecule has 0 aromatic rings. The van der Waals surface area contributed by atoms with Crippen molar-refractivity contribution in [3.8, 4) is 0 Å². The summed E-state index contributed by atoms with van der Waals surface area (Å²) >= 11 is 0. The second kappa shape index (κ2) is 8.01. The summed E-state index contributed by atoms with van der Waals surface area (Å²) in [6.07, 6.45) is 4.71. The smallest absolute Gasteiger partial charge is 0.0744 e. The van der Waals surface area contributed by atoms with Crippen molar-refractivity contribution in [2.45, 2.75) is 51.7 Å². The van der Waals surface area contributed by atoms with Gasteiger partial charge in [0.2, 0.25) is 0 Å². The van der Waals surface area contributed by atoms with Crippen molar-refractivity contribution in [2.24, 2.45) is 11.8 Å². The Labute approximate surface area is 98.8 Å². The Balaban J connectivity index is 2.52. The maximum absolute atomic E-state index is 5.79. The number of rotatable bonds is 7. The molecule has 1 aliphatic rings. The summed E-state index contributed by atoms with van der Waals surface area (Å²) in [6.45, 7) is 6.66. The van der Waals surface area contributed by atoms with Crippen molar-refractivity contribution in [1.82, 2.24) is 5.43 Å². The number of hydrogen-bond donors (Lipinski definition) is 2. The van der Waals surface area contributed by atoms with Gasteiger partial charge < -0.3 is 9.47 Å². The van der Waals surface area contributed by atoms with Gasteiger partial charge in [-0.1, -0.05) is 13.3 Å².